The Hall–Kier alpha value is -4.33. The van der Waals surface area contributed by atoms with Crippen LogP contribution < -0.4 is 10.6 Å². The molecule has 166 valence electrons. The number of carbonyl (C=O) groups is 2. The minimum atomic E-state index is -1.06. The van der Waals surface area contributed by atoms with Crippen molar-refractivity contribution in [2.24, 2.45) is 0 Å². The number of hydrogen-bond donors (Lipinski definition) is 3. The summed E-state index contributed by atoms with van der Waals surface area (Å²) in [5.74, 6) is -1.40. The van der Waals surface area contributed by atoms with Crippen molar-refractivity contribution in [3.05, 3.63) is 95.1 Å². The fraction of sp³-hybridized carbons (Fsp3) is 0.120. The van der Waals surface area contributed by atoms with Crippen molar-refractivity contribution >= 4 is 34.3 Å². The predicted octanol–water partition coefficient (Wildman–Crippen LogP) is 5.20. The summed E-state index contributed by atoms with van der Waals surface area (Å²) in [6, 6.07) is 16.3. The molecule has 0 aliphatic carbocycles. The maximum atomic E-state index is 13.8. The summed E-state index contributed by atoms with van der Waals surface area (Å²) in [7, 11) is 0. The third-order valence-corrected chi connectivity index (χ3v) is 5.33. The van der Waals surface area contributed by atoms with Gasteiger partial charge in [-0.3, -0.25) is 4.79 Å². The number of carboxylic acids is 1. The maximum Gasteiger partial charge on any atom is 0.337 e. The Morgan fingerprint density at radius 2 is 1.82 bits per heavy atom. The number of benzene rings is 3. The number of rotatable bonds is 6. The molecule has 7 nitrogen and oxygen atoms in total. The van der Waals surface area contributed by atoms with Crippen LogP contribution in [0.25, 0.3) is 10.9 Å². The monoisotopic (exact) mass is 444 g/mol. The van der Waals surface area contributed by atoms with Crippen molar-refractivity contribution in [2.45, 2.75) is 19.9 Å². The van der Waals surface area contributed by atoms with Crippen LogP contribution in [0.3, 0.4) is 0 Å². The Morgan fingerprint density at radius 3 is 2.58 bits per heavy atom. The second-order valence-electron chi connectivity index (χ2n) is 7.64. The van der Waals surface area contributed by atoms with Crippen LogP contribution in [0.1, 0.15) is 44.8 Å². The average Bonchev–Trinajstić information content (AvgIpc) is 2.80. The summed E-state index contributed by atoms with van der Waals surface area (Å²) in [6.07, 6.45) is 1.32. The highest BCUT2D eigenvalue weighted by atomic mass is 19.1. The standard InChI is InChI=1S/C25H21FN4O3/c1-14-9-10-17(12-21(14)26)24(31)30-18-6-3-5-16(11-18)15(2)29-23-19-7-4-8-20(25(32)33)22(19)27-13-28-23/h3-13,15H,1-2H3,(H,30,31)(H,32,33)(H,27,28,29). The zero-order valence-corrected chi connectivity index (χ0v) is 18.0. The lowest BCUT2D eigenvalue weighted by Crippen LogP contribution is -2.13. The number of para-hydroxylation sites is 1. The SMILES string of the molecule is Cc1ccc(C(=O)Nc2cccc(C(C)Nc3ncnc4c(C(=O)O)cccc34)c2)cc1F. The smallest absolute Gasteiger partial charge is 0.337 e. The van der Waals surface area contributed by atoms with Gasteiger partial charge in [0.05, 0.1) is 17.1 Å². The number of fused-ring (bicyclic) bond motifs is 1. The number of halogens is 1. The van der Waals surface area contributed by atoms with Crippen molar-refractivity contribution in [2.75, 3.05) is 10.6 Å². The van der Waals surface area contributed by atoms with Gasteiger partial charge in [-0.05, 0) is 61.4 Å². The molecule has 1 atom stereocenters. The van der Waals surface area contributed by atoms with Crippen molar-refractivity contribution in [3.63, 3.8) is 0 Å². The zero-order chi connectivity index (χ0) is 23.5. The first-order valence-electron chi connectivity index (χ1n) is 10.2. The third kappa shape index (κ3) is 4.64. The van der Waals surface area contributed by atoms with E-state index in [1.807, 2.05) is 19.1 Å². The van der Waals surface area contributed by atoms with Crippen LogP contribution in [0.5, 0.6) is 0 Å². The number of nitrogens with zero attached hydrogens (tertiary/aromatic N) is 2. The molecule has 3 aromatic carbocycles. The molecule has 8 heteroatoms. The largest absolute Gasteiger partial charge is 0.478 e. The molecular formula is C25H21FN4O3. The third-order valence-electron chi connectivity index (χ3n) is 5.33. The van der Waals surface area contributed by atoms with Crippen molar-refractivity contribution in [3.8, 4) is 0 Å². The molecule has 0 saturated heterocycles. The van der Waals surface area contributed by atoms with Crippen LogP contribution in [-0.4, -0.2) is 27.0 Å². The highest BCUT2D eigenvalue weighted by Crippen LogP contribution is 2.27. The molecule has 1 unspecified atom stereocenters. The molecule has 4 aromatic rings. The summed E-state index contributed by atoms with van der Waals surface area (Å²) < 4.78 is 13.8. The Labute approximate surface area is 189 Å². The van der Waals surface area contributed by atoms with E-state index < -0.39 is 17.7 Å². The number of amides is 1. The predicted molar refractivity (Wildman–Crippen MR) is 124 cm³/mol. The van der Waals surface area contributed by atoms with E-state index in [1.165, 1.54) is 18.5 Å². The van der Waals surface area contributed by atoms with Gasteiger partial charge in [0.1, 0.15) is 18.0 Å². The molecular weight excluding hydrogens is 423 g/mol. The molecule has 33 heavy (non-hydrogen) atoms. The number of aryl methyl sites for hydroxylation is 1. The van der Waals surface area contributed by atoms with E-state index in [-0.39, 0.29) is 17.2 Å². The van der Waals surface area contributed by atoms with E-state index in [1.54, 1.807) is 43.3 Å². The molecule has 0 saturated carbocycles. The first-order valence-corrected chi connectivity index (χ1v) is 10.2. The fourth-order valence-corrected chi connectivity index (χ4v) is 3.49. The van der Waals surface area contributed by atoms with E-state index in [0.717, 1.165) is 5.56 Å². The molecule has 4 rings (SSSR count). The molecule has 1 amide bonds. The van der Waals surface area contributed by atoms with E-state index in [4.69, 9.17) is 0 Å². The van der Waals surface area contributed by atoms with Crippen molar-refractivity contribution in [1.29, 1.82) is 0 Å². The molecule has 0 spiro atoms. The van der Waals surface area contributed by atoms with E-state index >= 15 is 0 Å². The fourth-order valence-electron chi connectivity index (χ4n) is 3.49. The van der Waals surface area contributed by atoms with Gasteiger partial charge in [0.15, 0.2) is 0 Å². The summed E-state index contributed by atoms with van der Waals surface area (Å²) in [4.78, 5) is 32.4. The number of carbonyl (C=O) groups excluding carboxylic acids is 1. The van der Waals surface area contributed by atoms with Gasteiger partial charge >= 0.3 is 5.97 Å². The van der Waals surface area contributed by atoms with Gasteiger partial charge in [0, 0.05) is 16.6 Å². The first kappa shape index (κ1) is 21.9. The van der Waals surface area contributed by atoms with Crippen LogP contribution >= 0.6 is 0 Å². The van der Waals surface area contributed by atoms with Crippen molar-refractivity contribution < 1.29 is 19.1 Å². The summed E-state index contributed by atoms with van der Waals surface area (Å²) >= 11 is 0. The van der Waals surface area contributed by atoms with Gasteiger partial charge < -0.3 is 15.7 Å². The van der Waals surface area contributed by atoms with Crippen LogP contribution in [0.4, 0.5) is 15.9 Å². The summed E-state index contributed by atoms with van der Waals surface area (Å²) in [5, 5.41) is 16.1. The number of nitrogens with one attached hydrogen (secondary N) is 2. The Balaban J connectivity index is 1.55. The normalized spacial score (nSPS) is 11.7. The second-order valence-corrected chi connectivity index (χ2v) is 7.64. The number of anilines is 2. The number of aromatic carboxylic acids is 1. The lowest BCUT2D eigenvalue weighted by molar-refractivity contribution is 0.0698. The topological polar surface area (TPSA) is 104 Å². The zero-order valence-electron chi connectivity index (χ0n) is 18.0. The second kappa shape index (κ2) is 9.04. The molecule has 0 fully saturated rings. The lowest BCUT2D eigenvalue weighted by atomic mass is 10.1. The van der Waals surface area contributed by atoms with Crippen LogP contribution in [-0.2, 0) is 0 Å². The molecule has 1 heterocycles. The Bertz CT molecular complexity index is 1370. The van der Waals surface area contributed by atoms with Gasteiger partial charge in [0.2, 0.25) is 0 Å². The first-order chi connectivity index (χ1) is 15.8. The maximum absolute atomic E-state index is 13.8. The van der Waals surface area contributed by atoms with Crippen LogP contribution in [0, 0.1) is 12.7 Å². The molecule has 0 aliphatic rings. The minimum Gasteiger partial charge on any atom is -0.478 e. The lowest BCUT2D eigenvalue weighted by Gasteiger charge is -2.17. The van der Waals surface area contributed by atoms with E-state index in [0.29, 0.717) is 28.0 Å². The van der Waals surface area contributed by atoms with Crippen molar-refractivity contribution in [1.82, 2.24) is 9.97 Å². The molecule has 1 aromatic heterocycles. The highest BCUT2D eigenvalue weighted by Gasteiger charge is 2.15. The van der Waals surface area contributed by atoms with Crippen LogP contribution in [0.15, 0.2) is 67.0 Å². The van der Waals surface area contributed by atoms with Gasteiger partial charge in [-0.2, -0.15) is 0 Å². The molecule has 0 radical (unpaired) electrons. The Kier molecular flexibility index (Phi) is 5.99. The summed E-state index contributed by atoms with van der Waals surface area (Å²) in [5.41, 5.74) is 2.58. The Morgan fingerprint density at radius 1 is 1.03 bits per heavy atom. The number of hydrogen-bond acceptors (Lipinski definition) is 5. The molecule has 0 bridgehead atoms. The minimum absolute atomic E-state index is 0.0999. The highest BCUT2D eigenvalue weighted by molar-refractivity contribution is 6.05. The van der Waals surface area contributed by atoms with Gasteiger partial charge in [0.25, 0.3) is 5.91 Å². The molecule has 3 N–H and O–H groups in total. The summed E-state index contributed by atoms with van der Waals surface area (Å²) in [6.45, 7) is 3.56. The van der Waals surface area contributed by atoms with Gasteiger partial charge in [-0.25, -0.2) is 19.2 Å². The van der Waals surface area contributed by atoms with E-state index in [9.17, 15) is 19.1 Å². The quantitative estimate of drug-likeness (QED) is 0.378. The average molecular weight is 444 g/mol. The molecule has 0 aliphatic heterocycles. The number of aromatic nitrogens is 2. The number of carboxylic acid groups (broad SMARTS) is 1. The van der Waals surface area contributed by atoms with Crippen LogP contribution in [0.2, 0.25) is 0 Å². The van der Waals surface area contributed by atoms with Gasteiger partial charge in [-0.1, -0.05) is 24.3 Å². The van der Waals surface area contributed by atoms with Gasteiger partial charge in [-0.15, -0.1) is 0 Å². The van der Waals surface area contributed by atoms with E-state index in [2.05, 4.69) is 20.6 Å².